The van der Waals surface area contributed by atoms with Crippen molar-refractivity contribution < 1.29 is 0 Å². The van der Waals surface area contributed by atoms with Crippen molar-refractivity contribution in [2.75, 3.05) is 12.0 Å². The van der Waals surface area contributed by atoms with Crippen LogP contribution < -0.4 is 5.73 Å². The Balaban J connectivity index is 2.26. The molecule has 2 aromatic heterocycles. The monoisotopic (exact) mass is 370 g/mol. The average molecular weight is 372 g/mol. The van der Waals surface area contributed by atoms with Gasteiger partial charge >= 0.3 is 0 Å². The van der Waals surface area contributed by atoms with E-state index in [1.165, 1.54) is 16.3 Å². The van der Waals surface area contributed by atoms with Crippen molar-refractivity contribution in [2.24, 2.45) is 0 Å². The Labute approximate surface area is 131 Å². The lowest BCUT2D eigenvalue weighted by molar-refractivity contribution is 0.851. The number of hydrogen-bond donors (Lipinski definition) is 1. The second-order valence-electron chi connectivity index (χ2n) is 3.81. The van der Waals surface area contributed by atoms with Crippen LogP contribution in [0.2, 0.25) is 5.02 Å². The fraction of sp³-hybridized carbons (Fsp3) is 0.0909. The first-order chi connectivity index (χ1) is 9.60. The van der Waals surface area contributed by atoms with Crippen molar-refractivity contribution in [1.82, 2.24) is 24.6 Å². The van der Waals surface area contributed by atoms with Gasteiger partial charge in [-0.3, -0.25) is 0 Å². The van der Waals surface area contributed by atoms with Crippen molar-refractivity contribution in [2.45, 2.75) is 5.16 Å². The highest BCUT2D eigenvalue weighted by molar-refractivity contribution is 9.10. The van der Waals surface area contributed by atoms with Gasteiger partial charge in [-0.1, -0.05) is 29.4 Å². The van der Waals surface area contributed by atoms with E-state index < -0.39 is 0 Å². The molecule has 0 atom stereocenters. The normalized spacial score (nSPS) is 11.2. The predicted molar refractivity (Wildman–Crippen MR) is 82.9 cm³/mol. The van der Waals surface area contributed by atoms with Crippen molar-refractivity contribution in [3.05, 3.63) is 27.7 Å². The highest BCUT2D eigenvalue weighted by Crippen LogP contribution is 2.33. The van der Waals surface area contributed by atoms with E-state index in [1.54, 1.807) is 6.07 Å². The molecule has 0 saturated heterocycles. The van der Waals surface area contributed by atoms with E-state index in [9.17, 15) is 0 Å². The molecular weight excluding hydrogens is 364 g/mol. The summed E-state index contributed by atoms with van der Waals surface area (Å²) in [6.07, 6.45) is 1.87. The van der Waals surface area contributed by atoms with Gasteiger partial charge in [-0.15, -0.1) is 5.10 Å². The van der Waals surface area contributed by atoms with Crippen LogP contribution in [-0.2, 0) is 0 Å². The van der Waals surface area contributed by atoms with Crippen LogP contribution >= 0.6 is 39.3 Å². The molecule has 0 aliphatic carbocycles. The van der Waals surface area contributed by atoms with E-state index in [0.29, 0.717) is 27.3 Å². The number of fused-ring (bicyclic) bond motifs is 1. The van der Waals surface area contributed by atoms with Gasteiger partial charge in [-0.05, 0) is 34.3 Å². The standard InChI is InChI=1S/C11H8BrClN6S/c1-20-11-16-9(14)19-10(17-11)15-8(18-19)7-5(12)3-2-4-6(7)13/h2-4H,1H3,(H2,14,15,16,17,18). The zero-order valence-corrected chi connectivity index (χ0v) is 13.4. The molecule has 102 valence electrons. The minimum atomic E-state index is 0.237. The highest BCUT2D eigenvalue weighted by Gasteiger charge is 2.16. The first-order valence-electron chi connectivity index (χ1n) is 5.49. The quantitative estimate of drug-likeness (QED) is 0.698. The third-order valence-electron chi connectivity index (χ3n) is 2.58. The summed E-state index contributed by atoms with van der Waals surface area (Å²) < 4.78 is 2.20. The van der Waals surface area contributed by atoms with Gasteiger partial charge in [0, 0.05) is 4.47 Å². The van der Waals surface area contributed by atoms with E-state index in [4.69, 9.17) is 17.3 Å². The lowest BCUT2D eigenvalue weighted by Gasteiger charge is -2.01. The van der Waals surface area contributed by atoms with Crippen LogP contribution in [0, 0.1) is 0 Å². The number of thioether (sulfide) groups is 1. The molecule has 0 aliphatic rings. The molecule has 1 aromatic carbocycles. The molecule has 0 saturated carbocycles. The zero-order valence-electron chi connectivity index (χ0n) is 10.2. The summed E-state index contributed by atoms with van der Waals surface area (Å²) >= 11 is 11.0. The molecule has 0 spiro atoms. The molecule has 3 aromatic rings. The molecule has 0 bridgehead atoms. The lowest BCUT2D eigenvalue weighted by Crippen LogP contribution is -2.04. The maximum Gasteiger partial charge on any atom is 0.258 e. The zero-order chi connectivity index (χ0) is 14.3. The van der Waals surface area contributed by atoms with E-state index in [0.717, 1.165) is 4.47 Å². The summed E-state index contributed by atoms with van der Waals surface area (Å²) in [5.41, 5.74) is 6.55. The molecule has 9 heteroatoms. The van der Waals surface area contributed by atoms with Crippen LogP contribution in [0.3, 0.4) is 0 Å². The number of rotatable bonds is 2. The first-order valence-corrected chi connectivity index (χ1v) is 7.88. The molecule has 2 N–H and O–H groups in total. The van der Waals surface area contributed by atoms with Gasteiger partial charge in [0.25, 0.3) is 5.78 Å². The molecule has 0 fully saturated rings. The Morgan fingerprint density at radius 2 is 2.10 bits per heavy atom. The summed E-state index contributed by atoms with van der Waals surface area (Å²) in [5, 5.41) is 5.41. The van der Waals surface area contributed by atoms with Gasteiger partial charge in [-0.2, -0.15) is 19.5 Å². The van der Waals surface area contributed by atoms with Crippen LogP contribution in [0.15, 0.2) is 27.8 Å². The molecule has 0 aliphatic heterocycles. The van der Waals surface area contributed by atoms with Crippen molar-refractivity contribution >= 4 is 51.0 Å². The summed E-state index contributed by atoms with van der Waals surface area (Å²) in [5.74, 6) is 1.08. The Morgan fingerprint density at radius 1 is 1.30 bits per heavy atom. The number of hydrogen-bond acceptors (Lipinski definition) is 6. The number of nitrogens with two attached hydrogens (primary N) is 1. The summed E-state index contributed by atoms with van der Waals surface area (Å²) in [6.45, 7) is 0. The second kappa shape index (κ2) is 5.19. The van der Waals surface area contributed by atoms with Gasteiger partial charge in [-0.25, -0.2) is 0 Å². The van der Waals surface area contributed by atoms with E-state index in [2.05, 4.69) is 36.0 Å². The van der Waals surface area contributed by atoms with Crippen molar-refractivity contribution in [3.8, 4) is 11.4 Å². The number of halogens is 2. The molecule has 0 amide bonds. The van der Waals surface area contributed by atoms with Gasteiger partial charge in [0.2, 0.25) is 5.95 Å². The predicted octanol–water partition coefficient (Wildman–Crippen LogP) is 2.91. The maximum atomic E-state index is 6.20. The largest absolute Gasteiger partial charge is 0.368 e. The second-order valence-corrected chi connectivity index (χ2v) is 5.85. The number of anilines is 1. The topological polar surface area (TPSA) is 82.0 Å². The third-order valence-corrected chi connectivity index (χ3v) is 4.11. The summed E-state index contributed by atoms with van der Waals surface area (Å²) in [4.78, 5) is 12.7. The Hall–Kier alpha value is -1.38. The van der Waals surface area contributed by atoms with Crippen LogP contribution in [0.1, 0.15) is 0 Å². The molecule has 0 radical (unpaired) electrons. The number of benzene rings is 1. The molecule has 3 rings (SSSR count). The molecule has 6 nitrogen and oxygen atoms in total. The van der Waals surface area contributed by atoms with Crippen molar-refractivity contribution in [1.29, 1.82) is 0 Å². The molecule has 20 heavy (non-hydrogen) atoms. The van der Waals surface area contributed by atoms with Crippen molar-refractivity contribution in [3.63, 3.8) is 0 Å². The molecule has 0 unspecified atom stereocenters. The van der Waals surface area contributed by atoms with Crippen LogP contribution in [0.4, 0.5) is 5.95 Å². The summed E-state index contributed by atoms with van der Waals surface area (Å²) in [6, 6.07) is 5.48. The van der Waals surface area contributed by atoms with Gasteiger partial charge in [0.15, 0.2) is 11.0 Å². The van der Waals surface area contributed by atoms with Gasteiger partial charge in [0.05, 0.1) is 10.6 Å². The first kappa shape index (κ1) is 13.6. The fourth-order valence-corrected chi connectivity index (χ4v) is 2.97. The van der Waals surface area contributed by atoms with Crippen LogP contribution in [0.5, 0.6) is 0 Å². The smallest absolute Gasteiger partial charge is 0.258 e. The minimum Gasteiger partial charge on any atom is -0.368 e. The van der Waals surface area contributed by atoms with Crippen LogP contribution in [0.25, 0.3) is 17.2 Å². The Kier molecular flexibility index (Phi) is 3.53. The average Bonchev–Trinajstić information content (AvgIpc) is 2.82. The molecule has 2 heterocycles. The van der Waals surface area contributed by atoms with E-state index >= 15 is 0 Å². The SMILES string of the molecule is CSc1nc(N)n2nc(-c3c(Cl)cccc3Br)nc2n1. The number of nitrogen functional groups attached to an aromatic ring is 1. The van der Waals surface area contributed by atoms with Gasteiger partial charge in [0.1, 0.15) is 0 Å². The maximum absolute atomic E-state index is 6.20. The highest BCUT2D eigenvalue weighted by atomic mass is 79.9. The van der Waals surface area contributed by atoms with Gasteiger partial charge < -0.3 is 5.73 Å². The lowest BCUT2D eigenvalue weighted by atomic mass is 10.2. The Morgan fingerprint density at radius 3 is 2.80 bits per heavy atom. The minimum absolute atomic E-state index is 0.237. The Bertz CT molecular complexity index is 785. The third kappa shape index (κ3) is 2.23. The summed E-state index contributed by atoms with van der Waals surface area (Å²) in [7, 11) is 0. The molecular formula is C11H8BrClN6S. The van der Waals surface area contributed by atoms with E-state index in [-0.39, 0.29) is 5.95 Å². The van der Waals surface area contributed by atoms with E-state index in [1.807, 2.05) is 18.4 Å². The number of nitrogens with zero attached hydrogens (tertiary/aromatic N) is 5. The number of aromatic nitrogens is 5. The fourth-order valence-electron chi connectivity index (χ4n) is 1.69. The van der Waals surface area contributed by atoms with Crippen LogP contribution in [-0.4, -0.2) is 30.8 Å².